The van der Waals surface area contributed by atoms with Crippen LogP contribution in [0.2, 0.25) is 0 Å². The summed E-state index contributed by atoms with van der Waals surface area (Å²) < 4.78 is 15.8. The lowest BCUT2D eigenvalue weighted by atomic mass is 10.0. The van der Waals surface area contributed by atoms with Gasteiger partial charge in [0, 0.05) is 17.1 Å². The minimum Gasteiger partial charge on any atom is -0.368 e. The van der Waals surface area contributed by atoms with Crippen LogP contribution in [0.3, 0.4) is 0 Å². The van der Waals surface area contributed by atoms with Crippen LogP contribution in [0.15, 0.2) is 90.0 Å². The first-order valence-electron chi connectivity index (χ1n) is 12.4. The largest absolute Gasteiger partial charge is 0.368 e. The molecule has 6 rings (SSSR count). The maximum atomic E-state index is 14.4. The molecule has 9 nitrogen and oxygen atoms in total. The molecule has 0 saturated heterocycles. The molecular formula is C30H21FN8O. The van der Waals surface area contributed by atoms with E-state index < -0.39 is 11.9 Å². The molecule has 0 unspecified atom stereocenters. The number of nitrogens with two attached hydrogens (primary N) is 1. The van der Waals surface area contributed by atoms with Gasteiger partial charge in [-0.2, -0.15) is 10.2 Å². The van der Waals surface area contributed by atoms with E-state index in [0.717, 1.165) is 16.5 Å². The molecule has 0 aliphatic heterocycles. The molecule has 3 aromatic heterocycles. The minimum atomic E-state index is -0.646. The van der Waals surface area contributed by atoms with Gasteiger partial charge < -0.3 is 11.1 Å². The van der Waals surface area contributed by atoms with E-state index in [4.69, 9.17) is 10.7 Å². The van der Waals surface area contributed by atoms with Crippen molar-refractivity contribution in [2.45, 2.75) is 13.0 Å². The molecule has 0 spiro atoms. The molecule has 10 heteroatoms. The first-order chi connectivity index (χ1) is 19.4. The summed E-state index contributed by atoms with van der Waals surface area (Å²) in [4.78, 5) is 31.7. The highest BCUT2D eigenvalue weighted by molar-refractivity contribution is 5.96. The van der Waals surface area contributed by atoms with Crippen LogP contribution in [0.1, 0.15) is 24.4 Å². The fraction of sp³-hybridized carbons (Fsp3) is 0.0667. The smallest absolute Gasteiger partial charge is 0.266 e. The number of nitrogen functional groups attached to an aromatic ring is 1. The zero-order valence-corrected chi connectivity index (χ0v) is 21.2. The molecule has 0 bridgehead atoms. The zero-order chi connectivity index (χ0) is 27.8. The summed E-state index contributed by atoms with van der Waals surface area (Å²) in [6.07, 6.45) is 3.04. The van der Waals surface area contributed by atoms with Gasteiger partial charge in [0.05, 0.1) is 34.3 Å². The number of benzene rings is 3. The van der Waals surface area contributed by atoms with E-state index in [-0.39, 0.29) is 28.7 Å². The van der Waals surface area contributed by atoms with E-state index in [9.17, 15) is 14.4 Å². The number of fused-ring (bicyclic) bond motifs is 2. The fourth-order valence-electron chi connectivity index (χ4n) is 4.72. The predicted molar refractivity (Wildman–Crippen MR) is 151 cm³/mol. The normalized spacial score (nSPS) is 11.8. The molecule has 6 aromatic rings. The second-order valence-electron chi connectivity index (χ2n) is 9.18. The summed E-state index contributed by atoms with van der Waals surface area (Å²) in [5, 5.41) is 13.9. The maximum absolute atomic E-state index is 14.4. The van der Waals surface area contributed by atoms with Gasteiger partial charge in [0.25, 0.3) is 5.56 Å². The lowest BCUT2D eigenvalue weighted by Crippen LogP contribution is -2.28. The molecule has 0 aliphatic carbocycles. The summed E-state index contributed by atoms with van der Waals surface area (Å²) in [6.45, 7) is 1.76. The monoisotopic (exact) mass is 528 g/mol. The van der Waals surface area contributed by atoms with E-state index in [1.807, 2.05) is 48.5 Å². The summed E-state index contributed by atoms with van der Waals surface area (Å²) in [5.74, 6) is -0.0358. The molecule has 0 fully saturated rings. The van der Waals surface area contributed by atoms with Crippen LogP contribution in [-0.2, 0) is 0 Å². The number of nitrogens with zero attached hydrogens (tertiary/aromatic N) is 6. The molecule has 3 aromatic carbocycles. The van der Waals surface area contributed by atoms with Crippen LogP contribution < -0.4 is 16.6 Å². The van der Waals surface area contributed by atoms with Gasteiger partial charge in [0.2, 0.25) is 5.95 Å². The van der Waals surface area contributed by atoms with Gasteiger partial charge in [-0.3, -0.25) is 14.3 Å². The Bertz CT molecular complexity index is 2030. The molecule has 194 valence electrons. The Morgan fingerprint density at radius 2 is 1.77 bits per heavy atom. The van der Waals surface area contributed by atoms with Crippen molar-refractivity contribution in [1.29, 1.82) is 5.26 Å². The van der Waals surface area contributed by atoms with Crippen molar-refractivity contribution in [2.75, 3.05) is 11.1 Å². The van der Waals surface area contributed by atoms with E-state index in [2.05, 4.69) is 20.3 Å². The van der Waals surface area contributed by atoms with E-state index in [0.29, 0.717) is 22.2 Å². The molecule has 0 aliphatic rings. The number of nitrogens with one attached hydrogen (secondary N) is 1. The minimum absolute atomic E-state index is 0.0173. The van der Waals surface area contributed by atoms with Gasteiger partial charge in [-0.25, -0.2) is 14.4 Å². The van der Waals surface area contributed by atoms with Crippen molar-refractivity contribution in [3.05, 3.63) is 113 Å². The molecule has 3 heterocycles. The van der Waals surface area contributed by atoms with E-state index in [1.54, 1.807) is 25.3 Å². The Hall–Kier alpha value is -5.69. The second kappa shape index (κ2) is 9.89. The predicted octanol–water partition coefficient (Wildman–Crippen LogP) is 5.16. The number of pyridine rings is 1. The first-order valence-corrected chi connectivity index (χ1v) is 12.4. The quantitative estimate of drug-likeness (QED) is 0.313. The SMILES string of the molecule is C[C@H](Nc1nc(N)ncc1C#N)c1nc2cccc(-c3cnc4ccccc4c3)c2c(=O)n1-c1cccc(F)c1. The van der Waals surface area contributed by atoms with Gasteiger partial charge in [0.15, 0.2) is 0 Å². The average Bonchev–Trinajstić information content (AvgIpc) is 2.96. The van der Waals surface area contributed by atoms with Crippen molar-refractivity contribution in [2.24, 2.45) is 0 Å². The fourth-order valence-corrected chi connectivity index (χ4v) is 4.72. The average molecular weight is 529 g/mol. The summed E-state index contributed by atoms with van der Waals surface area (Å²) in [6, 6.07) is 22.3. The van der Waals surface area contributed by atoms with Crippen LogP contribution in [0.4, 0.5) is 16.2 Å². The second-order valence-corrected chi connectivity index (χ2v) is 9.18. The zero-order valence-electron chi connectivity index (χ0n) is 21.2. The van der Waals surface area contributed by atoms with Crippen LogP contribution in [0.25, 0.3) is 38.6 Å². The van der Waals surface area contributed by atoms with Gasteiger partial charge >= 0.3 is 0 Å². The Labute approximate surface area is 227 Å². The molecule has 40 heavy (non-hydrogen) atoms. The third kappa shape index (κ3) is 4.35. The Morgan fingerprint density at radius 3 is 2.60 bits per heavy atom. The van der Waals surface area contributed by atoms with Crippen molar-refractivity contribution in [3.8, 4) is 22.9 Å². The topological polar surface area (TPSA) is 135 Å². The maximum Gasteiger partial charge on any atom is 0.266 e. The summed E-state index contributed by atoms with van der Waals surface area (Å²) >= 11 is 0. The number of nitriles is 1. The highest BCUT2D eigenvalue weighted by Gasteiger charge is 2.22. The van der Waals surface area contributed by atoms with Crippen molar-refractivity contribution < 1.29 is 4.39 Å². The Morgan fingerprint density at radius 1 is 0.975 bits per heavy atom. The van der Waals surface area contributed by atoms with Gasteiger partial charge in [0.1, 0.15) is 29.1 Å². The lowest BCUT2D eigenvalue weighted by molar-refractivity contribution is 0.624. The summed E-state index contributed by atoms with van der Waals surface area (Å²) in [5.41, 5.74) is 8.54. The molecule has 0 saturated carbocycles. The third-order valence-corrected chi connectivity index (χ3v) is 6.56. The van der Waals surface area contributed by atoms with Crippen LogP contribution in [-0.4, -0.2) is 24.5 Å². The number of halogens is 1. The number of rotatable bonds is 5. The van der Waals surface area contributed by atoms with Gasteiger partial charge in [-0.05, 0) is 48.9 Å². The molecule has 3 N–H and O–H groups in total. The number of aromatic nitrogens is 5. The Kier molecular flexibility index (Phi) is 6.09. The van der Waals surface area contributed by atoms with E-state index >= 15 is 0 Å². The van der Waals surface area contributed by atoms with Crippen molar-refractivity contribution in [1.82, 2.24) is 24.5 Å². The molecule has 0 radical (unpaired) electrons. The first kappa shape index (κ1) is 24.6. The number of hydrogen-bond donors (Lipinski definition) is 2. The van der Waals surface area contributed by atoms with Crippen molar-refractivity contribution >= 4 is 33.6 Å². The molecule has 0 amide bonds. The standard InChI is InChI=1S/C30H21FN8O/c1-17(36-27-20(14-32)16-35-30(33)38-27)28-37-25-11-5-9-23(19-12-18-6-2-3-10-24(18)34-15-19)26(25)29(40)39(28)22-8-4-7-21(31)13-22/h2-13,15-17H,1H3,(H3,33,35,36,38)/t17-/m0/s1. The summed E-state index contributed by atoms with van der Waals surface area (Å²) in [7, 11) is 0. The van der Waals surface area contributed by atoms with Gasteiger partial charge in [-0.15, -0.1) is 0 Å². The Balaban J connectivity index is 1.59. The van der Waals surface area contributed by atoms with Crippen molar-refractivity contribution in [3.63, 3.8) is 0 Å². The molecule has 1 atom stereocenters. The van der Waals surface area contributed by atoms with Gasteiger partial charge in [-0.1, -0.05) is 36.4 Å². The molecular weight excluding hydrogens is 507 g/mol. The highest BCUT2D eigenvalue weighted by Crippen LogP contribution is 2.30. The highest BCUT2D eigenvalue weighted by atomic mass is 19.1. The van der Waals surface area contributed by atoms with Crippen LogP contribution >= 0.6 is 0 Å². The third-order valence-electron chi connectivity index (χ3n) is 6.56. The van der Waals surface area contributed by atoms with Crippen LogP contribution in [0.5, 0.6) is 0 Å². The van der Waals surface area contributed by atoms with Crippen LogP contribution in [0, 0.1) is 17.1 Å². The lowest BCUT2D eigenvalue weighted by Gasteiger charge is -2.21. The number of hydrogen-bond acceptors (Lipinski definition) is 8. The van der Waals surface area contributed by atoms with E-state index in [1.165, 1.54) is 29.0 Å². The number of para-hydroxylation sites is 1. The number of anilines is 2.